The van der Waals surface area contributed by atoms with Gasteiger partial charge >= 0.3 is 0 Å². The molecule has 1 saturated heterocycles. The van der Waals surface area contributed by atoms with Gasteiger partial charge in [-0.2, -0.15) is 0 Å². The van der Waals surface area contributed by atoms with Crippen LogP contribution in [0.4, 0.5) is 0 Å². The molecule has 1 aromatic heterocycles. The quantitative estimate of drug-likeness (QED) is 0.885. The summed E-state index contributed by atoms with van der Waals surface area (Å²) in [7, 11) is 0. The van der Waals surface area contributed by atoms with E-state index in [0.717, 1.165) is 6.54 Å². The summed E-state index contributed by atoms with van der Waals surface area (Å²) in [6.45, 7) is 2.30. The number of nitrogens with zero attached hydrogens (tertiary/aromatic N) is 1. The van der Waals surface area contributed by atoms with Gasteiger partial charge in [-0.3, -0.25) is 4.98 Å². The van der Waals surface area contributed by atoms with Gasteiger partial charge in [0.2, 0.25) is 0 Å². The Balaban J connectivity index is 0.00000112. The second kappa shape index (κ2) is 8.57. The van der Waals surface area contributed by atoms with Crippen LogP contribution < -0.4 is 5.32 Å². The summed E-state index contributed by atoms with van der Waals surface area (Å²) in [5.41, 5.74) is 1.19. The van der Waals surface area contributed by atoms with E-state index in [9.17, 15) is 0 Å². The number of piperidine rings is 1. The first-order chi connectivity index (χ1) is 6.95. The van der Waals surface area contributed by atoms with Gasteiger partial charge in [-0.05, 0) is 36.9 Å². The van der Waals surface area contributed by atoms with Crippen LogP contribution in [-0.4, -0.2) is 18.1 Å². The summed E-state index contributed by atoms with van der Waals surface area (Å²) < 4.78 is 0. The van der Waals surface area contributed by atoms with E-state index < -0.39 is 0 Å². The molecule has 1 aliphatic rings. The fourth-order valence-electron chi connectivity index (χ4n) is 1.76. The highest BCUT2D eigenvalue weighted by atomic mass is 35.5. The van der Waals surface area contributed by atoms with Crippen molar-refractivity contribution in [1.82, 2.24) is 10.3 Å². The molecule has 1 unspecified atom stereocenters. The standard InChI is InChI=1S/C12H16N2.2ClH/c1-3-11(9-13-7-1)5-6-12-4-2-8-14-10-12;;/h1,3,5-7,9,12,14H,2,4,8,10H2;2*1H/b6-5+;;. The fourth-order valence-corrected chi connectivity index (χ4v) is 1.76. The summed E-state index contributed by atoms with van der Waals surface area (Å²) >= 11 is 0. The molecule has 0 radical (unpaired) electrons. The number of nitrogens with one attached hydrogen (secondary N) is 1. The second-order valence-electron chi connectivity index (χ2n) is 3.75. The van der Waals surface area contributed by atoms with Gasteiger partial charge < -0.3 is 5.32 Å². The molecule has 4 heteroatoms. The maximum atomic E-state index is 4.08. The second-order valence-corrected chi connectivity index (χ2v) is 3.75. The number of hydrogen-bond acceptors (Lipinski definition) is 2. The van der Waals surface area contributed by atoms with E-state index in [2.05, 4.69) is 28.5 Å². The Labute approximate surface area is 109 Å². The van der Waals surface area contributed by atoms with Gasteiger partial charge in [0, 0.05) is 18.9 Å². The Hall–Kier alpha value is -0.570. The topological polar surface area (TPSA) is 24.9 Å². The third-order valence-corrected chi connectivity index (χ3v) is 2.58. The van der Waals surface area contributed by atoms with Crippen molar-refractivity contribution in [2.45, 2.75) is 12.8 Å². The number of hydrogen-bond donors (Lipinski definition) is 1. The molecule has 1 aliphatic heterocycles. The molecule has 2 heterocycles. The van der Waals surface area contributed by atoms with Crippen molar-refractivity contribution >= 4 is 30.9 Å². The van der Waals surface area contributed by atoms with Crippen LogP contribution in [0.15, 0.2) is 30.6 Å². The van der Waals surface area contributed by atoms with Crippen LogP contribution in [-0.2, 0) is 0 Å². The van der Waals surface area contributed by atoms with Crippen LogP contribution in [0.25, 0.3) is 6.08 Å². The van der Waals surface area contributed by atoms with Crippen LogP contribution >= 0.6 is 24.8 Å². The molecule has 0 saturated carbocycles. The number of aromatic nitrogens is 1. The first-order valence-corrected chi connectivity index (χ1v) is 5.24. The largest absolute Gasteiger partial charge is 0.316 e. The minimum atomic E-state index is 0. The molecule has 90 valence electrons. The average molecular weight is 261 g/mol. The molecule has 0 aromatic carbocycles. The number of pyridine rings is 1. The normalized spacial score (nSPS) is 19.9. The van der Waals surface area contributed by atoms with Gasteiger partial charge in [0.05, 0.1) is 0 Å². The molecule has 1 fully saturated rings. The zero-order valence-corrected chi connectivity index (χ0v) is 10.8. The molecule has 0 bridgehead atoms. The van der Waals surface area contributed by atoms with Crippen molar-refractivity contribution in [2.24, 2.45) is 5.92 Å². The highest BCUT2D eigenvalue weighted by molar-refractivity contribution is 5.85. The van der Waals surface area contributed by atoms with Crippen molar-refractivity contribution in [3.63, 3.8) is 0 Å². The van der Waals surface area contributed by atoms with E-state index in [1.807, 2.05) is 12.3 Å². The van der Waals surface area contributed by atoms with Crippen LogP contribution in [0.5, 0.6) is 0 Å². The lowest BCUT2D eigenvalue weighted by Crippen LogP contribution is -2.28. The minimum absolute atomic E-state index is 0. The van der Waals surface area contributed by atoms with Gasteiger partial charge in [-0.15, -0.1) is 24.8 Å². The van der Waals surface area contributed by atoms with Crippen molar-refractivity contribution in [3.05, 3.63) is 36.2 Å². The van der Waals surface area contributed by atoms with Gasteiger partial charge in [-0.1, -0.05) is 18.2 Å². The first-order valence-electron chi connectivity index (χ1n) is 5.24. The first kappa shape index (κ1) is 15.4. The monoisotopic (exact) mass is 260 g/mol. The van der Waals surface area contributed by atoms with Crippen molar-refractivity contribution in [1.29, 1.82) is 0 Å². The predicted octanol–water partition coefficient (Wildman–Crippen LogP) is 2.94. The van der Waals surface area contributed by atoms with Crippen LogP contribution in [0.2, 0.25) is 0 Å². The summed E-state index contributed by atoms with van der Waals surface area (Å²) in [6, 6.07) is 4.05. The summed E-state index contributed by atoms with van der Waals surface area (Å²) in [6.07, 6.45) is 10.8. The third-order valence-electron chi connectivity index (χ3n) is 2.58. The summed E-state index contributed by atoms with van der Waals surface area (Å²) in [4.78, 5) is 4.08. The molecule has 2 nitrogen and oxygen atoms in total. The Morgan fingerprint density at radius 2 is 2.25 bits per heavy atom. The van der Waals surface area contributed by atoms with Crippen molar-refractivity contribution in [3.8, 4) is 0 Å². The maximum absolute atomic E-state index is 4.08. The Morgan fingerprint density at radius 1 is 1.38 bits per heavy atom. The molecule has 0 aliphatic carbocycles. The molecule has 1 N–H and O–H groups in total. The smallest absolute Gasteiger partial charge is 0.0340 e. The van der Waals surface area contributed by atoms with E-state index in [1.54, 1.807) is 6.20 Å². The maximum Gasteiger partial charge on any atom is 0.0340 e. The minimum Gasteiger partial charge on any atom is -0.316 e. The summed E-state index contributed by atoms with van der Waals surface area (Å²) in [5, 5.41) is 3.40. The molecular formula is C12H18Cl2N2. The lowest BCUT2D eigenvalue weighted by atomic mass is 9.98. The van der Waals surface area contributed by atoms with Crippen LogP contribution in [0.3, 0.4) is 0 Å². The Kier molecular flexibility index (Phi) is 8.26. The van der Waals surface area contributed by atoms with Gasteiger partial charge in [0.1, 0.15) is 0 Å². The zero-order valence-electron chi connectivity index (χ0n) is 9.13. The average Bonchev–Trinajstić information content (AvgIpc) is 2.29. The lowest BCUT2D eigenvalue weighted by Gasteiger charge is -2.19. The van der Waals surface area contributed by atoms with Crippen LogP contribution in [0, 0.1) is 5.92 Å². The molecule has 1 aromatic rings. The fraction of sp³-hybridized carbons (Fsp3) is 0.417. The Morgan fingerprint density at radius 3 is 2.88 bits per heavy atom. The van der Waals surface area contributed by atoms with E-state index in [0.29, 0.717) is 5.92 Å². The molecule has 2 rings (SSSR count). The molecule has 0 spiro atoms. The zero-order chi connectivity index (χ0) is 9.64. The highest BCUT2D eigenvalue weighted by Gasteiger charge is 2.08. The van der Waals surface area contributed by atoms with Crippen molar-refractivity contribution in [2.75, 3.05) is 13.1 Å². The van der Waals surface area contributed by atoms with E-state index in [1.165, 1.54) is 24.9 Å². The van der Waals surface area contributed by atoms with Gasteiger partial charge in [0.25, 0.3) is 0 Å². The SMILES string of the molecule is C(=C\C1CCCNC1)/c1cccnc1.Cl.Cl. The lowest BCUT2D eigenvalue weighted by molar-refractivity contribution is 0.439. The van der Waals surface area contributed by atoms with Crippen molar-refractivity contribution < 1.29 is 0 Å². The summed E-state index contributed by atoms with van der Waals surface area (Å²) in [5.74, 6) is 0.698. The van der Waals surface area contributed by atoms with E-state index >= 15 is 0 Å². The van der Waals surface area contributed by atoms with E-state index in [-0.39, 0.29) is 24.8 Å². The predicted molar refractivity (Wildman–Crippen MR) is 73.4 cm³/mol. The molecule has 16 heavy (non-hydrogen) atoms. The Bertz CT molecular complexity index is 295. The molecular weight excluding hydrogens is 243 g/mol. The number of rotatable bonds is 2. The third kappa shape index (κ3) is 4.97. The highest BCUT2D eigenvalue weighted by Crippen LogP contribution is 2.12. The van der Waals surface area contributed by atoms with Gasteiger partial charge in [-0.25, -0.2) is 0 Å². The molecule has 0 amide bonds. The number of halogens is 2. The van der Waals surface area contributed by atoms with Crippen LogP contribution in [0.1, 0.15) is 18.4 Å². The molecule has 1 atom stereocenters. The van der Waals surface area contributed by atoms with Gasteiger partial charge in [0.15, 0.2) is 0 Å². The van der Waals surface area contributed by atoms with E-state index in [4.69, 9.17) is 0 Å².